The third kappa shape index (κ3) is 2.72. The highest BCUT2D eigenvalue weighted by Crippen LogP contribution is 2.26. The first-order valence-corrected chi connectivity index (χ1v) is 8.97. The molecule has 0 bridgehead atoms. The highest BCUT2D eigenvalue weighted by atomic mass is 32.2. The Morgan fingerprint density at radius 2 is 1.96 bits per heavy atom. The average Bonchev–Trinajstić information content (AvgIpc) is 2.81. The average molecular weight is 336 g/mol. The van der Waals surface area contributed by atoms with Crippen LogP contribution in [0.1, 0.15) is 18.7 Å². The van der Waals surface area contributed by atoms with Crippen LogP contribution < -0.4 is 5.73 Å². The van der Waals surface area contributed by atoms with Gasteiger partial charge in [-0.15, -0.1) is 0 Å². The van der Waals surface area contributed by atoms with Crippen LogP contribution in [0.25, 0.3) is 11.0 Å². The first-order chi connectivity index (χ1) is 10.8. The van der Waals surface area contributed by atoms with Crippen LogP contribution in [-0.2, 0) is 21.9 Å². The van der Waals surface area contributed by atoms with Gasteiger partial charge in [0, 0.05) is 26.1 Å². The summed E-state index contributed by atoms with van der Waals surface area (Å²) in [6, 6.07) is 5.00. The van der Waals surface area contributed by atoms with Gasteiger partial charge in [-0.05, 0) is 38.0 Å². The molecule has 2 N–H and O–H groups in total. The van der Waals surface area contributed by atoms with Crippen LogP contribution in [0.4, 0.5) is 0 Å². The Balaban J connectivity index is 1.90. The van der Waals surface area contributed by atoms with E-state index in [0.717, 1.165) is 11.3 Å². The number of nitrogens with two attached hydrogens (primary N) is 1. The lowest BCUT2D eigenvalue weighted by Crippen LogP contribution is -2.41. The molecule has 7 nitrogen and oxygen atoms in total. The smallest absolute Gasteiger partial charge is 0.243 e. The number of hydrogen-bond donors (Lipinski definition) is 1. The molecular formula is C15H20N4O3S. The number of fused-ring (bicyclic) bond motifs is 1. The number of carbonyl (C=O) groups excluding carboxylic acids is 1. The SMILES string of the molecule is Cc1nc2cc(S(=O)(=O)N3CCC(C(N)=O)CC3)ccc2n1C. The van der Waals surface area contributed by atoms with Crippen LogP contribution in [0.15, 0.2) is 23.1 Å². The van der Waals surface area contributed by atoms with Crippen molar-refractivity contribution in [3.63, 3.8) is 0 Å². The van der Waals surface area contributed by atoms with Gasteiger partial charge in [-0.3, -0.25) is 4.79 Å². The van der Waals surface area contributed by atoms with Crippen molar-refractivity contribution in [2.75, 3.05) is 13.1 Å². The van der Waals surface area contributed by atoms with Crippen LogP contribution in [0.5, 0.6) is 0 Å². The fourth-order valence-corrected chi connectivity index (χ4v) is 4.48. The largest absolute Gasteiger partial charge is 0.369 e. The number of rotatable bonds is 3. The van der Waals surface area contributed by atoms with E-state index in [0.29, 0.717) is 31.4 Å². The van der Waals surface area contributed by atoms with Crippen LogP contribution in [-0.4, -0.2) is 41.3 Å². The summed E-state index contributed by atoms with van der Waals surface area (Å²) < 4.78 is 28.9. The van der Waals surface area contributed by atoms with Gasteiger partial charge < -0.3 is 10.3 Å². The Hall–Kier alpha value is -1.93. The number of aryl methyl sites for hydroxylation is 2. The topological polar surface area (TPSA) is 98.3 Å². The number of carbonyl (C=O) groups is 1. The van der Waals surface area contributed by atoms with Crippen molar-refractivity contribution in [3.8, 4) is 0 Å². The standard InChI is InChI=1S/C15H20N4O3S/c1-10-17-13-9-12(3-4-14(13)18(10)2)23(21,22)19-7-5-11(6-8-19)15(16)20/h3-4,9,11H,5-8H2,1-2H3,(H2,16,20). The Bertz CT molecular complexity index is 864. The van der Waals surface area contributed by atoms with Gasteiger partial charge in [0.15, 0.2) is 0 Å². The summed E-state index contributed by atoms with van der Waals surface area (Å²) in [5.74, 6) is 0.242. The van der Waals surface area contributed by atoms with E-state index >= 15 is 0 Å². The molecule has 0 spiro atoms. The summed E-state index contributed by atoms with van der Waals surface area (Å²) in [6.45, 7) is 2.51. The summed E-state index contributed by atoms with van der Waals surface area (Å²) in [7, 11) is -1.68. The number of aromatic nitrogens is 2. The minimum atomic E-state index is -3.57. The summed E-state index contributed by atoms with van der Waals surface area (Å²) in [4.78, 5) is 15.8. The maximum atomic E-state index is 12.8. The van der Waals surface area contributed by atoms with E-state index in [9.17, 15) is 13.2 Å². The highest BCUT2D eigenvalue weighted by molar-refractivity contribution is 7.89. The molecule has 0 atom stereocenters. The molecule has 0 saturated carbocycles. The van der Waals surface area contributed by atoms with Crippen LogP contribution in [0.3, 0.4) is 0 Å². The number of benzene rings is 1. The second-order valence-corrected chi connectivity index (χ2v) is 7.89. The molecule has 1 saturated heterocycles. The number of amides is 1. The van der Waals surface area contributed by atoms with Crippen molar-refractivity contribution >= 4 is 27.0 Å². The number of hydrogen-bond acceptors (Lipinski definition) is 4. The molecule has 124 valence electrons. The molecule has 1 aliphatic rings. The molecule has 1 aliphatic heterocycles. The van der Waals surface area contributed by atoms with Gasteiger partial charge >= 0.3 is 0 Å². The second-order valence-electron chi connectivity index (χ2n) is 5.95. The van der Waals surface area contributed by atoms with Crippen molar-refractivity contribution in [3.05, 3.63) is 24.0 Å². The number of nitrogens with zero attached hydrogens (tertiary/aromatic N) is 3. The lowest BCUT2D eigenvalue weighted by molar-refractivity contribution is -0.122. The minimum Gasteiger partial charge on any atom is -0.369 e. The third-order valence-electron chi connectivity index (χ3n) is 4.57. The lowest BCUT2D eigenvalue weighted by atomic mass is 9.98. The quantitative estimate of drug-likeness (QED) is 0.895. The van der Waals surface area contributed by atoms with E-state index in [-0.39, 0.29) is 16.7 Å². The van der Waals surface area contributed by atoms with E-state index in [2.05, 4.69) is 4.98 Å². The van der Waals surface area contributed by atoms with Gasteiger partial charge in [0.2, 0.25) is 15.9 Å². The van der Waals surface area contributed by atoms with Crippen molar-refractivity contribution in [2.24, 2.45) is 18.7 Å². The van der Waals surface area contributed by atoms with Crippen LogP contribution in [0.2, 0.25) is 0 Å². The van der Waals surface area contributed by atoms with E-state index < -0.39 is 10.0 Å². The molecule has 2 heterocycles. The molecule has 1 aromatic heterocycles. The van der Waals surface area contributed by atoms with Gasteiger partial charge in [-0.1, -0.05) is 0 Å². The zero-order valence-electron chi connectivity index (χ0n) is 13.2. The molecule has 8 heteroatoms. The summed E-state index contributed by atoms with van der Waals surface area (Å²) in [6.07, 6.45) is 0.943. The third-order valence-corrected chi connectivity index (χ3v) is 6.46. The van der Waals surface area contributed by atoms with Crippen LogP contribution in [0, 0.1) is 12.8 Å². The summed E-state index contributed by atoms with van der Waals surface area (Å²) >= 11 is 0. The predicted octanol–water partition coefficient (Wildman–Crippen LogP) is 0.768. The molecule has 0 unspecified atom stereocenters. The first kappa shape index (κ1) is 15.9. The Labute approximate surface area is 135 Å². The molecule has 0 radical (unpaired) electrons. The fourth-order valence-electron chi connectivity index (χ4n) is 2.99. The molecule has 0 aliphatic carbocycles. The van der Waals surface area contributed by atoms with E-state index in [1.807, 2.05) is 18.5 Å². The number of piperidine rings is 1. The number of imidazole rings is 1. The first-order valence-electron chi connectivity index (χ1n) is 7.53. The van der Waals surface area contributed by atoms with E-state index in [1.54, 1.807) is 18.2 Å². The zero-order chi connectivity index (χ0) is 16.8. The summed E-state index contributed by atoms with van der Waals surface area (Å²) in [5, 5.41) is 0. The maximum absolute atomic E-state index is 12.8. The normalized spacial score (nSPS) is 17.7. The highest BCUT2D eigenvalue weighted by Gasteiger charge is 2.31. The minimum absolute atomic E-state index is 0.234. The van der Waals surface area contributed by atoms with Gasteiger partial charge in [-0.2, -0.15) is 4.31 Å². The predicted molar refractivity (Wildman–Crippen MR) is 86.1 cm³/mol. The van der Waals surface area contributed by atoms with Crippen molar-refractivity contribution in [1.82, 2.24) is 13.9 Å². The van der Waals surface area contributed by atoms with Gasteiger partial charge in [0.05, 0.1) is 15.9 Å². The molecule has 1 fully saturated rings. The Morgan fingerprint density at radius 3 is 2.57 bits per heavy atom. The molecule has 23 heavy (non-hydrogen) atoms. The van der Waals surface area contributed by atoms with Gasteiger partial charge in [0.1, 0.15) is 5.82 Å². The lowest BCUT2D eigenvalue weighted by Gasteiger charge is -2.29. The van der Waals surface area contributed by atoms with Gasteiger partial charge in [-0.25, -0.2) is 13.4 Å². The molecular weight excluding hydrogens is 316 g/mol. The maximum Gasteiger partial charge on any atom is 0.243 e. The fraction of sp³-hybridized carbons (Fsp3) is 0.467. The molecule has 2 aromatic rings. The number of sulfonamides is 1. The monoisotopic (exact) mass is 336 g/mol. The Morgan fingerprint density at radius 1 is 1.30 bits per heavy atom. The van der Waals surface area contributed by atoms with Crippen molar-refractivity contribution in [2.45, 2.75) is 24.7 Å². The second kappa shape index (κ2) is 5.61. The molecule has 1 aromatic carbocycles. The molecule has 3 rings (SSSR count). The van der Waals surface area contributed by atoms with E-state index in [4.69, 9.17) is 5.73 Å². The van der Waals surface area contributed by atoms with Crippen molar-refractivity contribution in [1.29, 1.82) is 0 Å². The van der Waals surface area contributed by atoms with Gasteiger partial charge in [0.25, 0.3) is 0 Å². The van der Waals surface area contributed by atoms with Crippen molar-refractivity contribution < 1.29 is 13.2 Å². The number of primary amides is 1. The Kier molecular flexibility index (Phi) is 3.89. The zero-order valence-corrected chi connectivity index (χ0v) is 14.0. The van der Waals surface area contributed by atoms with E-state index in [1.165, 1.54) is 4.31 Å². The summed E-state index contributed by atoms with van der Waals surface area (Å²) in [5.41, 5.74) is 6.86. The van der Waals surface area contributed by atoms with Crippen LogP contribution >= 0.6 is 0 Å². The molecule has 1 amide bonds.